The summed E-state index contributed by atoms with van der Waals surface area (Å²) in [6.45, 7) is 0.807. The van der Waals surface area contributed by atoms with Gasteiger partial charge in [0.25, 0.3) is 0 Å². The maximum absolute atomic E-state index is 10.7. The van der Waals surface area contributed by atoms with E-state index >= 15 is 0 Å². The van der Waals surface area contributed by atoms with E-state index in [1.165, 1.54) is 6.42 Å². The van der Waals surface area contributed by atoms with Crippen LogP contribution < -0.4 is 5.32 Å². The van der Waals surface area contributed by atoms with Gasteiger partial charge in [0.1, 0.15) is 6.04 Å². The monoisotopic (exact) mass is 216 g/mol. The summed E-state index contributed by atoms with van der Waals surface area (Å²) in [6, 6.07) is -0.616. The molecule has 14 heavy (non-hydrogen) atoms. The molecule has 0 aromatic rings. The highest BCUT2D eigenvalue weighted by Gasteiger charge is 2.17. The number of hydrogen-bond donors (Lipinski definition) is 3. The van der Waals surface area contributed by atoms with Gasteiger partial charge in [-0.1, -0.05) is 6.42 Å². The van der Waals surface area contributed by atoms with Crippen molar-refractivity contribution in [2.45, 2.75) is 31.7 Å². The highest BCUT2D eigenvalue weighted by Crippen LogP contribution is 2.06. The van der Waals surface area contributed by atoms with Gasteiger partial charge in [-0.15, -0.1) is 0 Å². The van der Waals surface area contributed by atoms with Gasteiger partial charge in [0, 0.05) is 18.7 Å². The van der Waals surface area contributed by atoms with Gasteiger partial charge in [0.05, 0.1) is 5.84 Å². The van der Waals surface area contributed by atoms with Crippen molar-refractivity contribution in [1.29, 1.82) is 0 Å². The number of aliphatic carboxylic acids is 1. The van der Waals surface area contributed by atoms with Gasteiger partial charge < -0.3 is 10.4 Å². The fourth-order valence-electron chi connectivity index (χ4n) is 1.38. The largest absolute Gasteiger partial charge is 0.480 e. The second kappa shape index (κ2) is 5.90. The summed E-state index contributed by atoms with van der Waals surface area (Å²) in [5.74, 6) is 0.241. The lowest BCUT2D eigenvalue weighted by atomic mass is 10.2. The number of thiol groups is 1. The number of aliphatic imine (C=N–C) groups is 1. The molecule has 0 saturated carbocycles. The van der Waals surface area contributed by atoms with E-state index in [9.17, 15) is 4.79 Å². The molecule has 0 saturated heterocycles. The topological polar surface area (TPSA) is 61.7 Å². The third-order valence-corrected chi connectivity index (χ3v) is 2.56. The van der Waals surface area contributed by atoms with Crippen LogP contribution in [-0.2, 0) is 4.79 Å². The number of nitrogens with zero attached hydrogens (tertiary/aromatic N) is 1. The molecule has 2 N–H and O–H groups in total. The first-order chi connectivity index (χ1) is 6.74. The molecule has 0 spiro atoms. The summed E-state index contributed by atoms with van der Waals surface area (Å²) in [4.78, 5) is 15.0. The standard InChI is InChI=1S/C9H16N2O2S/c12-9(13)7(6-14)11-8-4-2-1-3-5-10-8/h7,14H,1-6H2,(H,10,11)(H,12,13). The lowest BCUT2D eigenvalue weighted by molar-refractivity contribution is -0.138. The molecule has 0 aliphatic carbocycles. The summed E-state index contributed by atoms with van der Waals surface area (Å²) < 4.78 is 0. The zero-order valence-corrected chi connectivity index (χ0v) is 8.96. The zero-order valence-electron chi connectivity index (χ0n) is 8.07. The first-order valence-corrected chi connectivity index (χ1v) is 5.51. The van der Waals surface area contributed by atoms with E-state index < -0.39 is 12.0 Å². The minimum Gasteiger partial charge on any atom is -0.480 e. The van der Waals surface area contributed by atoms with Gasteiger partial charge in [-0.25, -0.2) is 4.79 Å². The normalized spacial score (nSPS) is 19.4. The third-order valence-electron chi connectivity index (χ3n) is 2.20. The van der Waals surface area contributed by atoms with Crippen molar-refractivity contribution in [3.8, 4) is 0 Å². The van der Waals surface area contributed by atoms with Crippen molar-refractivity contribution in [2.75, 3.05) is 12.3 Å². The van der Waals surface area contributed by atoms with Crippen molar-refractivity contribution >= 4 is 24.4 Å². The predicted molar refractivity (Wildman–Crippen MR) is 59.2 cm³/mol. The van der Waals surface area contributed by atoms with Gasteiger partial charge in [-0.2, -0.15) is 12.6 Å². The minimum atomic E-state index is -0.869. The minimum absolute atomic E-state index is 0.286. The molecule has 0 radical (unpaired) electrons. The Kier molecular flexibility index (Phi) is 4.79. The molecule has 0 aromatic carbocycles. The summed E-state index contributed by atoms with van der Waals surface area (Å²) >= 11 is 3.98. The second-order valence-electron chi connectivity index (χ2n) is 3.36. The SMILES string of the molecule is O=C(O)C(CS)NC1=NCCCCC1. The first-order valence-electron chi connectivity index (χ1n) is 4.87. The van der Waals surface area contributed by atoms with Crippen LogP contribution in [0, 0.1) is 0 Å². The van der Waals surface area contributed by atoms with Crippen LogP contribution >= 0.6 is 12.6 Å². The number of amidine groups is 1. The number of carboxylic acids is 1. The fourth-order valence-corrected chi connectivity index (χ4v) is 1.63. The van der Waals surface area contributed by atoms with Gasteiger partial charge in [-0.05, 0) is 12.8 Å². The number of nitrogens with one attached hydrogen (secondary N) is 1. The van der Waals surface area contributed by atoms with Gasteiger partial charge in [0.15, 0.2) is 0 Å². The number of rotatable bonds is 3. The highest BCUT2D eigenvalue weighted by atomic mass is 32.1. The Morgan fingerprint density at radius 2 is 2.36 bits per heavy atom. The van der Waals surface area contributed by atoms with Gasteiger partial charge >= 0.3 is 5.97 Å². The van der Waals surface area contributed by atoms with Gasteiger partial charge in [0.2, 0.25) is 0 Å². The maximum atomic E-state index is 10.7. The van der Waals surface area contributed by atoms with E-state index in [1.54, 1.807) is 0 Å². The smallest absolute Gasteiger partial charge is 0.327 e. The first kappa shape index (κ1) is 11.4. The average Bonchev–Trinajstić information content (AvgIpc) is 2.41. The number of hydrogen-bond acceptors (Lipinski definition) is 4. The molecule has 1 unspecified atom stereocenters. The van der Waals surface area contributed by atoms with E-state index in [2.05, 4.69) is 22.9 Å². The molecular weight excluding hydrogens is 200 g/mol. The van der Waals surface area contributed by atoms with Crippen molar-refractivity contribution in [1.82, 2.24) is 5.32 Å². The molecule has 1 aliphatic rings. The zero-order chi connectivity index (χ0) is 10.4. The summed E-state index contributed by atoms with van der Waals surface area (Å²) in [7, 11) is 0. The Balaban J connectivity index is 2.47. The van der Waals surface area contributed by atoms with Crippen molar-refractivity contribution < 1.29 is 9.90 Å². The molecule has 1 atom stereocenters. The van der Waals surface area contributed by atoms with Crippen LogP contribution in [0.1, 0.15) is 25.7 Å². The van der Waals surface area contributed by atoms with Crippen molar-refractivity contribution in [2.24, 2.45) is 4.99 Å². The molecule has 5 heteroatoms. The van der Waals surface area contributed by atoms with E-state index in [1.807, 2.05) is 0 Å². The number of carboxylic acid groups (broad SMARTS) is 1. The Morgan fingerprint density at radius 1 is 1.57 bits per heavy atom. The van der Waals surface area contributed by atoms with E-state index in [4.69, 9.17) is 5.11 Å². The Labute approximate surface area is 89.2 Å². The molecular formula is C9H16N2O2S. The van der Waals surface area contributed by atoms with Crippen LogP contribution in [0.2, 0.25) is 0 Å². The summed E-state index contributed by atoms with van der Waals surface area (Å²) in [5.41, 5.74) is 0. The van der Waals surface area contributed by atoms with Crippen LogP contribution in [0.5, 0.6) is 0 Å². The van der Waals surface area contributed by atoms with E-state index in [0.717, 1.165) is 31.6 Å². The second-order valence-corrected chi connectivity index (χ2v) is 3.72. The van der Waals surface area contributed by atoms with Crippen molar-refractivity contribution in [3.05, 3.63) is 0 Å². The Hall–Kier alpha value is -0.710. The van der Waals surface area contributed by atoms with Crippen LogP contribution in [0.15, 0.2) is 4.99 Å². The van der Waals surface area contributed by atoms with E-state index in [0.29, 0.717) is 0 Å². The quantitative estimate of drug-likeness (QED) is 0.615. The maximum Gasteiger partial charge on any atom is 0.327 e. The third kappa shape index (κ3) is 3.57. The fraction of sp³-hybridized carbons (Fsp3) is 0.778. The van der Waals surface area contributed by atoms with Crippen molar-refractivity contribution in [3.63, 3.8) is 0 Å². The average molecular weight is 216 g/mol. The van der Waals surface area contributed by atoms with Crippen LogP contribution in [0.3, 0.4) is 0 Å². The molecule has 0 aromatic heterocycles. The highest BCUT2D eigenvalue weighted by molar-refractivity contribution is 7.80. The molecule has 1 rings (SSSR count). The summed E-state index contributed by atoms with van der Waals surface area (Å²) in [5, 5.41) is 11.7. The molecule has 1 heterocycles. The van der Waals surface area contributed by atoms with Gasteiger partial charge in [-0.3, -0.25) is 4.99 Å². The predicted octanol–water partition coefficient (Wildman–Crippen LogP) is 0.931. The molecule has 0 amide bonds. The Bertz CT molecular complexity index is 231. The molecule has 4 nitrogen and oxygen atoms in total. The number of carbonyl (C=O) groups is 1. The lowest BCUT2D eigenvalue weighted by Gasteiger charge is -2.14. The molecule has 0 bridgehead atoms. The summed E-state index contributed by atoms with van der Waals surface area (Å²) in [6.07, 6.45) is 4.22. The molecule has 80 valence electrons. The van der Waals surface area contributed by atoms with Crippen LogP contribution in [0.25, 0.3) is 0 Å². The van der Waals surface area contributed by atoms with Crippen LogP contribution in [0.4, 0.5) is 0 Å². The lowest BCUT2D eigenvalue weighted by Crippen LogP contribution is -2.42. The Morgan fingerprint density at radius 3 is 3.00 bits per heavy atom. The van der Waals surface area contributed by atoms with Crippen LogP contribution in [-0.4, -0.2) is 35.3 Å². The van der Waals surface area contributed by atoms with E-state index in [-0.39, 0.29) is 5.75 Å². The molecule has 0 fully saturated rings. The molecule has 1 aliphatic heterocycles.